The van der Waals surface area contributed by atoms with E-state index in [4.69, 9.17) is 4.74 Å². The van der Waals surface area contributed by atoms with Crippen molar-refractivity contribution in [3.8, 4) is 5.75 Å². The molecule has 0 aromatic heterocycles. The van der Waals surface area contributed by atoms with Crippen LogP contribution < -0.4 is 15.4 Å². The molecule has 5 heteroatoms. The van der Waals surface area contributed by atoms with Crippen LogP contribution in [0.5, 0.6) is 5.75 Å². The Morgan fingerprint density at radius 1 is 0.786 bits per heavy atom. The fraction of sp³-hybridized carbons (Fsp3) is 0.130. The second-order valence-corrected chi connectivity index (χ2v) is 6.19. The van der Waals surface area contributed by atoms with E-state index in [9.17, 15) is 9.59 Å². The molecule has 0 aliphatic carbocycles. The van der Waals surface area contributed by atoms with E-state index in [2.05, 4.69) is 10.6 Å². The van der Waals surface area contributed by atoms with Crippen molar-refractivity contribution in [2.75, 3.05) is 17.2 Å². The molecule has 2 amide bonds. The third kappa shape index (κ3) is 4.98. The molecule has 0 saturated carbocycles. The van der Waals surface area contributed by atoms with Crippen LogP contribution >= 0.6 is 0 Å². The van der Waals surface area contributed by atoms with Crippen LogP contribution in [0.3, 0.4) is 0 Å². The minimum Gasteiger partial charge on any atom is -0.494 e. The molecule has 0 bridgehead atoms. The molecule has 142 valence electrons. The number of amides is 2. The van der Waals surface area contributed by atoms with Gasteiger partial charge in [0.25, 0.3) is 11.8 Å². The fourth-order valence-electron chi connectivity index (χ4n) is 2.63. The highest BCUT2D eigenvalue weighted by Crippen LogP contribution is 2.19. The van der Waals surface area contributed by atoms with Gasteiger partial charge in [-0.25, -0.2) is 0 Å². The van der Waals surface area contributed by atoms with Gasteiger partial charge in [0.1, 0.15) is 5.75 Å². The molecular weight excluding hydrogens is 352 g/mol. The Morgan fingerprint density at radius 2 is 1.46 bits per heavy atom. The Balaban J connectivity index is 1.72. The number of benzene rings is 3. The standard InChI is InChI=1S/C23H22N2O3/c1-2-16-28-19-14-12-17(13-15-19)22(26)25-21-11-7-6-10-20(21)23(27)24-18-8-4-3-5-9-18/h3-15H,2,16H2,1H3,(H,24,27)(H,25,26). The number of anilines is 2. The number of ether oxygens (including phenoxy) is 1. The van der Waals surface area contributed by atoms with Gasteiger partial charge < -0.3 is 15.4 Å². The van der Waals surface area contributed by atoms with Gasteiger partial charge in [-0.05, 0) is 55.0 Å². The van der Waals surface area contributed by atoms with Crippen LogP contribution in [-0.4, -0.2) is 18.4 Å². The van der Waals surface area contributed by atoms with E-state index >= 15 is 0 Å². The Kier molecular flexibility index (Phi) is 6.41. The number of para-hydroxylation sites is 2. The predicted octanol–water partition coefficient (Wildman–Crippen LogP) is 4.98. The number of carbonyl (C=O) groups excluding carboxylic acids is 2. The van der Waals surface area contributed by atoms with Gasteiger partial charge in [-0.3, -0.25) is 9.59 Å². The van der Waals surface area contributed by atoms with Crippen molar-refractivity contribution in [2.45, 2.75) is 13.3 Å². The topological polar surface area (TPSA) is 67.4 Å². The first-order valence-electron chi connectivity index (χ1n) is 9.17. The van der Waals surface area contributed by atoms with E-state index < -0.39 is 0 Å². The number of carbonyl (C=O) groups is 2. The monoisotopic (exact) mass is 374 g/mol. The lowest BCUT2D eigenvalue weighted by Gasteiger charge is -2.12. The minimum absolute atomic E-state index is 0.287. The number of nitrogens with one attached hydrogen (secondary N) is 2. The first-order valence-corrected chi connectivity index (χ1v) is 9.17. The van der Waals surface area contributed by atoms with E-state index in [0.29, 0.717) is 29.1 Å². The van der Waals surface area contributed by atoms with Gasteiger partial charge in [0, 0.05) is 11.3 Å². The van der Waals surface area contributed by atoms with E-state index in [1.54, 1.807) is 60.7 Å². The number of rotatable bonds is 7. The van der Waals surface area contributed by atoms with Gasteiger partial charge >= 0.3 is 0 Å². The largest absolute Gasteiger partial charge is 0.494 e. The summed E-state index contributed by atoms with van der Waals surface area (Å²) in [5.41, 5.74) is 2.02. The Morgan fingerprint density at radius 3 is 2.18 bits per heavy atom. The second-order valence-electron chi connectivity index (χ2n) is 6.19. The lowest BCUT2D eigenvalue weighted by Crippen LogP contribution is -2.18. The summed E-state index contributed by atoms with van der Waals surface area (Å²) in [6.07, 6.45) is 0.921. The molecule has 5 nitrogen and oxygen atoms in total. The summed E-state index contributed by atoms with van der Waals surface area (Å²) in [5.74, 6) is 0.147. The SMILES string of the molecule is CCCOc1ccc(C(=O)Nc2ccccc2C(=O)Nc2ccccc2)cc1. The molecule has 2 N–H and O–H groups in total. The summed E-state index contributed by atoms with van der Waals surface area (Å²) in [7, 11) is 0. The molecule has 0 radical (unpaired) electrons. The third-order valence-electron chi connectivity index (χ3n) is 4.04. The van der Waals surface area contributed by atoms with Crippen LogP contribution in [0.25, 0.3) is 0 Å². The molecule has 0 fully saturated rings. The first kappa shape index (κ1) is 19.2. The van der Waals surface area contributed by atoms with Crippen LogP contribution in [-0.2, 0) is 0 Å². The highest BCUT2D eigenvalue weighted by atomic mass is 16.5. The van der Waals surface area contributed by atoms with E-state index in [1.165, 1.54) is 0 Å². The zero-order valence-electron chi connectivity index (χ0n) is 15.6. The molecule has 0 unspecified atom stereocenters. The maximum absolute atomic E-state index is 12.6. The number of hydrogen-bond donors (Lipinski definition) is 2. The van der Waals surface area contributed by atoms with Gasteiger partial charge in [0.2, 0.25) is 0 Å². The maximum atomic E-state index is 12.6. The molecule has 0 heterocycles. The van der Waals surface area contributed by atoms with E-state index in [1.807, 2.05) is 25.1 Å². The van der Waals surface area contributed by atoms with Crippen LogP contribution in [0.4, 0.5) is 11.4 Å². The molecule has 0 saturated heterocycles. The Hall–Kier alpha value is -3.60. The lowest BCUT2D eigenvalue weighted by molar-refractivity contribution is 0.102. The van der Waals surface area contributed by atoms with Gasteiger partial charge in [0.15, 0.2) is 0 Å². The Bertz CT molecular complexity index is 938. The molecule has 28 heavy (non-hydrogen) atoms. The van der Waals surface area contributed by atoms with Crippen molar-refractivity contribution in [3.63, 3.8) is 0 Å². The van der Waals surface area contributed by atoms with Crippen LogP contribution in [0.2, 0.25) is 0 Å². The van der Waals surface area contributed by atoms with E-state index in [-0.39, 0.29) is 11.8 Å². The second kappa shape index (κ2) is 9.37. The third-order valence-corrected chi connectivity index (χ3v) is 4.04. The fourth-order valence-corrected chi connectivity index (χ4v) is 2.63. The predicted molar refractivity (Wildman–Crippen MR) is 111 cm³/mol. The zero-order valence-corrected chi connectivity index (χ0v) is 15.6. The van der Waals surface area contributed by atoms with Crippen molar-refractivity contribution in [1.29, 1.82) is 0 Å². The summed E-state index contributed by atoms with van der Waals surface area (Å²) in [6.45, 7) is 2.67. The Labute approximate surface area is 164 Å². The minimum atomic E-state index is -0.290. The molecular formula is C23H22N2O3. The average molecular weight is 374 g/mol. The van der Waals surface area contributed by atoms with Gasteiger partial charge in [-0.2, -0.15) is 0 Å². The summed E-state index contributed by atoms with van der Waals surface area (Å²) < 4.78 is 5.53. The quantitative estimate of drug-likeness (QED) is 0.613. The van der Waals surface area contributed by atoms with Crippen LogP contribution in [0.1, 0.15) is 34.1 Å². The summed E-state index contributed by atoms with van der Waals surface area (Å²) in [4.78, 5) is 25.2. The van der Waals surface area contributed by atoms with Crippen molar-refractivity contribution in [1.82, 2.24) is 0 Å². The molecule has 0 aliphatic heterocycles. The highest BCUT2D eigenvalue weighted by Gasteiger charge is 2.14. The molecule has 3 aromatic rings. The van der Waals surface area contributed by atoms with Crippen molar-refractivity contribution >= 4 is 23.2 Å². The molecule has 0 atom stereocenters. The summed E-state index contributed by atoms with van der Waals surface area (Å²) >= 11 is 0. The smallest absolute Gasteiger partial charge is 0.257 e. The van der Waals surface area contributed by atoms with Crippen LogP contribution in [0, 0.1) is 0 Å². The average Bonchev–Trinajstić information content (AvgIpc) is 2.73. The van der Waals surface area contributed by atoms with Crippen molar-refractivity contribution in [3.05, 3.63) is 90.0 Å². The molecule has 3 aromatic carbocycles. The van der Waals surface area contributed by atoms with Gasteiger partial charge in [-0.15, -0.1) is 0 Å². The van der Waals surface area contributed by atoms with Gasteiger partial charge in [-0.1, -0.05) is 37.3 Å². The van der Waals surface area contributed by atoms with Crippen molar-refractivity contribution < 1.29 is 14.3 Å². The summed E-state index contributed by atoms with van der Waals surface area (Å²) in [6, 6.07) is 23.0. The zero-order chi connectivity index (χ0) is 19.8. The normalized spacial score (nSPS) is 10.2. The first-order chi connectivity index (χ1) is 13.7. The van der Waals surface area contributed by atoms with Crippen molar-refractivity contribution in [2.24, 2.45) is 0 Å². The number of hydrogen-bond acceptors (Lipinski definition) is 3. The lowest BCUT2D eigenvalue weighted by atomic mass is 10.1. The molecule has 0 aliphatic rings. The molecule has 0 spiro atoms. The van der Waals surface area contributed by atoms with Gasteiger partial charge in [0.05, 0.1) is 17.9 Å². The highest BCUT2D eigenvalue weighted by molar-refractivity contribution is 6.12. The van der Waals surface area contributed by atoms with E-state index in [0.717, 1.165) is 12.2 Å². The van der Waals surface area contributed by atoms with Crippen LogP contribution in [0.15, 0.2) is 78.9 Å². The summed E-state index contributed by atoms with van der Waals surface area (Å²) in [5, 5.41) is 5.65. The molecule has 3 rings (SSSR count). The maximum Gasteiger partial charge on any atom is 0.257 e.